The molecule has 154 valence electrons. The molecule has 0 heterocycles. The fraction of sp³-hybridized carbons (Fsp3) is 0.211. The Kier molecular flexibility index (Phi) is 8.57. The van der Waals surface area contributed by atoms with Gasteiger partial charge < -0.3 is 26.4 Å². The molecule has 1 atom stereocenters. The molecule has 0 bridgehead atoms. The Labute approximate surface area is 177 Å². The van der Waals surface area contributed by atoms with E-state index in [1.54, 1.807) is 48.5 Å². The van der Waals surface area contributed by atoms with Crippen molar-refractivity contribution in [3.05, 3.63) is 58.6 Å². The molecule has 2 rings (SSSR count). The molecule has 0 aliphatic heterocycles. The van der Waals surface area contributed by atoms with Gasteiger partial charge in [0.05, 0.1) is 0 Å². The first-order valence-electron chi connectivity index (χ1n) is 8.70. The van der Waals surface area contributed by atoms with E-state index in [-0.39, 0.29) is 13.0 Å². The van der Waals surface area contributed by atoms with E-state index < -0.39 is 24.1 Å². The molecular weight excluding hydrogens is 419 g/mol. The van der Waals surface area contributed by atoms with Crippen LogP contribution in [-0.2, 0) is 4.79 Å². The molecule has 0 fully saturated rings. The molecule has 0 saturated heterocycles. The predicted molar refractivity (Wildman–Crippen MR) is 113 cm³/mol. The van der Waals surface area contributed by atoms with Crippen LogP contribution in [-0.4, -0.2) is 35.7 Å². The van der Waals surface area contributed by atoms with Gasteiger partial charge in [0.2, 0.25) is 0 Å². The molecule has 2 aromatic rings. The summed E-state index contributed by atoms with van der Waals surface area (Å²) in [5.74, 6) is -1.16. The van der Waals surface area contributed by atoms with Crippen molar-refractivity contribution in [2.24, 2.45) is 0 Å². The standard InChI is InChI=1S/C19H20Cl2N4O4/c20-12-3-7-14(8-4-12)23-18(28)22-11-1-2-16(17(26)27)25-19(29)24-15-9-5-13(21)6-10-15/h3-10,16H,1-2,11H2,(H,26,27)(H2,22,23,28)(H2,24,25,29)/t16-/m1/s1. The van der Waals surface area contributed by atoms with Crippen molar-refractivity contribution in [1.29, 1.82) is 0 Å². The lowest BCUT2D eigenvalue weighted by Crippen LogP contribution is -2.43. The highest BCUT2D eigenvalue weighted by atomic mass is 35.5. The number of hydrogen-bond donors (Lipinski definition) is 5. The monoisotopic (exact) mass is 438 g/mol. The molecule has 0 unspecified atom stereocenters. The van der Waals surface area contributed by atoms with Crippen molar-refractivity contribution >= 4 is 52.6 Å². The second-order valence-corrected chi connectivity index (χ2v) is 6.90. The second kappa shape index (κ2) is 11.1. The molecule has 2 aromatic carbocycles. The zero-order valence-corrected chi connectivity index (χ0v) is 16.8. The number of urea groups is 2. The minimum absolute atomic E-state index is 0.143. The third-order valence-electron chi connectivity index (χ3n) is 3.76. The van der Waals surface area contributed by atoms with Gasteiger partial charge in [-0.2, -0.15) is 0 Å². The fourth-order valence-electron chi connectivity index (χ4n) is 2.33. The summed E-state index contributed by atoms with van der Waals surface area (Å²) >= 11 is 11.6. The number of nitrogens with one attached hydrogen (secondary N) is 4. The van der Waals surface area contributed by atoms with Crippen LogP contribution in [0.15, 0.2) is 48.5 Å². The maximum Gasteiger partial charge on any atom is 0.326 e. The largest absolute Gasteiger partial charge is 0.480 e. The molecule has 10 heteroatoms. The van der Waals surface area contributed by atoms with E-state index in [9.17, 15) is 19.5 Å². The van der Waals surface area contributed by atoms with Gasteiger partial charge in [-0.05, 0) is 61.4 Å². The number of rotatable bonds is 8. The van der Waals surface area contributed by atoms with Gasteiger partial charge in [-0.15, -0.1) is 0 Å². The van der Waals surface area contributed by atoms with E-state index in [1.165, 1.54) is 0 Å². The number of carboxylic acid groups (broad SMARTS) is 1. The number of carbonyl (C=O) groups is 3. The van der Waals surface area contributed by atoms with E-state index in [0.29, 0.717) is 27.8 Å². The van der Waals surface area contributed by atoms with Crippen LogP contribution in [0.2, 0.25) is 10.0 Å². The summed E-state index contributed by atoms with van der Waals surface area (Å²) < 4.78 is 0. The number of halogens is 2. The molecule has 0 saturated carbocycles. The third kappa shape index (κ3) is 8.28. The van der Waals surface area contributed by atoms with Gasteiger partial charge in [-0.25, -0.2) is 14.4 Å². The number of aliphatic carboxylic acids is 1. The minimum atomic E-state index is -1.16. The first-order valence-corrected chi connectivity index (χ1v) is 9.45. The molecule has 0 spiro atoms. The SMILES string of the molecule is O=C(NCCC[C@@H](NC(=O)Nc1ccc(Cl)cc1)C(=O)O)Nc1ccc(Cl)cc1. The zero-order valence-electron chi connectivity index (χ0n) is 15.2. The summed E-state index contributed by atoms with van der Waals surface area (Å²) in [6.07, 6.45) is 0.497. The van der Waals surface area contributed by atoms with Crippen LogP contribution in [0, 0.1) is 0 Å². The second-order valence-electron chi connectivity index (χ2n) is 6.03. The van der Waals surface area contributed by atoms with Gasteiger partial charge in [-0.1, -0.05) is 23.2 Å². The fourth-order valence-corrected chi connectivity index (χ4v) is 2.58. The summed E-state index contributed by atoms with van der Waals surface area (Å²) in [4.78, 5) is 35.2. The highest BCUT2D eigenvalue weighted by Gasteiger charge is 2.19. The van der Waals surface area contributed by atoms with Crippen molar-refractivity contribution in [3.63, 3.8) is 0 Å². The number of amides is 4. The van der Waals surface area contributed by atoms with E-state index in [2.05, 4.69) is 21.3 Å². The van der Waals surface area contributed by atoms with Gasteiger partial charge in [0.1, 0.15) is 6.04 Å². The predicted octanol–water partition coefficient (Wildman–Crippen LogP) is 4.17. The smallest absolute Gasteiger partial charge is 0.326 e. The number of anilines is 2. The summed E-state index contributed by atoms with van der Waals surface area (Å²) in [6.45, 7) is 0.240. The van der Waals surface area contributed by atoms with Crippen LogP contribution in [0.1, 0.15) is 12.8 Å². The Hall–Kier alpha value is -2.97. The average Bonchev–Trinajstić information content (AvgIpc) is 2.67. The average molecular weight is 439 g/mol. The first-order chi connectivity index (χ1) is 13.8. The molecular formula is C19H20Cl2N4O4. The minimum Gasteiger partial charge on any atom is -0.480 e. The maximum absolute atomic E-state index is 12.0. The topological polar surface area (TPSA) is 120 Å². The number of carbonyl (C=O) groups excluding carboxylic acids is 2. The van der Waals surface area contributed by atoms with Crippen molar-refractivity contribution in [1.82, 2.24) is 10.6 Å². The Morgan fingerprint density at radius 2 is 1.31 bits per heavy atom. The number of hydrogen-bond acceptors (Lipinski definition) is 3. The van der Waals surface area contributed by atoms with E-state index >= 15 is 0 Å². The summed E-state index contributed by atoms with van der Waals surface area (Å²) in [6, 6.07) is 10.9. The lowest BCUT2D eigenvalue weighted by Gasteiger charge is -2.15. The summed E-state index contributed by atoms with van der Waals surface area (Å²) in [5.41, 5.74) is 1.06. The van der Waals surface area contributed by atoms with Crippen LogP contribution >= 0.6 is 23.2 Å². The van der Waals surface area contributed by atoms with Crippen molar-refractivity contribution in [2.75, 3.05) is 17.2 Å². The molecule has 0 radical (unpaired) electrons. The van der Waals surface area contributed by atoms with E-state index in [4.69, 9.17) is 23.2 Å². The highest BCUT2D eigenvalue weighted by Crippen LogP contribution is 2.14. The molecule has 0 aromatic heterocycles. The lowest BCUT2D eigenvalue weighted by molar-refractivity contribution is -0.139. The van der Waals surface area contributed by atoms with Crippen LogP contribution in [0.25, 0.3) is 0 Å². The normalized spacial score (nSPS) is 11.2. The molecule has 0 aliphatic rings. The van der Waals surface area contributed by atoms with Gasteiger partial charge in [0, 0.05) is 28.0 Å². The molecule has 5 N–H and O–H groups in total. The van der Waals surface area contributed by atoms with E-state index in [0.717, 1.165) is 0 Å². The zero-order chi connectivity index (χ0) is 21.2. The van der Waals surface area contributed by atoms with Gasteiger partial charge in [0.15, 0.2) is 0 Å². The van der Waals surface area contributed by atoms with Crippen molar-refractivity contribution in [3.8, 4) is 0 Å². The van der Waals surface area contributed by atoms with Crippen molar-refractivity contribution < 1.29 is 19.5 Å². The molecule has 29 heavy (non-hydrogen) atoms. The molecule has 8 nitrogen and oxygen atoms in total. The number of benzene rings is 2. The Morgan fingerprint density at radius 3 is 1.79 bits per heavy atom. The van der Waals surface area contributed by atoms with E-state index in [1.807, 2.05) is 0 Å². The lowest BCUT2D eigenvalue weighted by atomic mass is 10.1. The van der Waals surface area contributed by atoms with Gasteiger partial charge in [0.25, 0.3) is 0 Å². The van der Waals surface area contributed by atoms with Crippen LogP contribution < -0.4 is 21.3 Å². The number of carboxylic acids is 1. The highest BCUT2D eigenvalue weighted by molar-refractivity contribution is 6.30. The van der Waals surface area contributed by atoms with Crippen LogP contribution in [0.4, 0.5) is 21.0 Å². The summed E-state index contributed by atoms with van der Waals surface area (Å²) in [5, 5.41) is 20.5. The third-order valence-corrected chi connectivity index (χ3v) is 4.27. The summed E-state index contributed by atoms with van der Waals surface area (Å²) in [7, 11) is 0. The Bertz CT molecular complexity index is 844. The Balaban J connectivity index is 1.72. The maximum atomic E-state index is 12.0. The van der Waals surface area contributed by atoms with Crippen molar-refractivity contribution in [2.45, 2.75) is 18.9 Å². The molecule has 4 amide bonds. The van der Waals surface area contributed by atoms with Crippen LogP contribution in [0.5, 0.6) is 0 Å². The quantitative estimate of drug-likeness (QED) is 0.397. The first kappa shape index (κ1) is 22.3. The van der Waals surface area contributed by atoms with Gasteiger partial charge >= 0.3 is 18.0 Å². The Morgan fingerprint density at radius 1 is 0.828 bits per heavy atom. The van der Waals surface area contributed by atoms with Gasteiger partial charge in [-0.3, -0.25) is 0 Å². The molecule has 0 aliphatic carbocycles. The van der Waals surface area contributed by atoms with Crippen LogP contribution in [0.3, 0.4) is 0 Å².